The maximum atomic E-state index is 12.1. The molecule has 3 N–H and O–H groups in total. The molecule has 3 rings (SSSR count). The highest BCUT2D eigenvalue weighted by Gasteiger charge is 2.29. The molecular formula is C27H34N2O6. The first-order valence-electron chi connectivity index (χ1n) is 11.9. The fourth-order valence-electron chi connectivity index (χ4n) is 4.20. The Morgan fingerprint density at radius 1 is 0.914 bits per heavy atom. The van der Waals surface area contributed by atoms with Crippen molar-refractivity contribution in [3.8, 4) is 11.1 Å². The molecule has 35 heavy (non-hydrogen) atoms. The number of alkyl carbamates (subject to hydrolysis) is 1. The highest BCUT2D eigenvalue weighted by molar-refractivity contribution is 5.79. The van der Waals surface area contributed by atoms with Crippen LogP contribution in [-0.2, 0) is 19.1 Å². The normalized spacial score (nSPS) is 12.5. The van der Waals surface area contributed by atoms with E-state index in [9.17, 15) is 14.4 Å². The van der Waals surface area contributed by atoms with Crippen molar-refractivity contribution in [3.63, 3.8) is 0 Å². The van der Waals surface area contributed by atoms with E-state index in [1.54, 1.807) is 0 Å². The third-order valence-corrected chi connectivity index (χ3v) is 6.23. The average Bonchev–Trinajstić information content (AvgIpc) is 3.15. The van der Waals surface area contributed by atoms with Crippen molar-refractivity contribution in [1.82, 2.24) is 10.6 Å². The van der Waals surface area contributed by atoms with Crippen molar-refractivity contribution in [2.75, 3.05) is 32.9 Å². The molecule has 0 fully saturated rings. The molecular weight excluding hydrogens is 448 g/mol. The van der Waals surface area contributed by atoms with E-state index in [1.807, 2.05) is 38.1 Å². The summed E-state index contributed by atoms with van der Waals surface area (Å²) in [5.74, 6) is -1.07. The molecule has 188 valence electrons. The van der Waals surface area contributed by atoms with Gasteiger partial charge in [-0.1, -0.05) is 62.4 Å². The Labute approximate surface area is 206 Å². The van der Waals surface area contributed by atoms with Gasteiger partial charge in [-0.25, -0.2) is 4.79 Å². The maximum absolute atomic E-state index is 12.1. The number of benzene rings is 2. The molecule has 2 aromatic carbocycles. The zero-order valence-electron chi connectivity index (χ0n) is 20.3. The Balaban J connectivity index is 1.29. The predicted molar refractivity (Wildman–Crippen MR) is 132 cm³/mol. The van der Waals surface area contributed by atoms with E-state index in [4.69, 9.17) is 14.6 Å². The molecule has 0 atom stereocenters. The van der Waals surface area contributed by atoms with Crippen LogP contribution in [0.25, 0.3) is 11.1 Å². The van der Waals surface area contributed by atoms with Gasteiger partial charge in [0.05, 0.1) is 6.61 Å². The summed E-state index contributed by atoms with van der Waals surface area (Å²) < 4.78 is 10.8. The van der Waals surface area contributed by atoms with Crippen molar-refractivity contribution < 1.29 is 29.0 Å². The van der Waals surface area contributed by atoms with Gasteiger partial charge in [0.15, 0.2) is 0 Å². The van der Waals surface area contributed by atoms with Crippen molar-refractivity contribution in [1.29, 1.82) is 0 Å². The van der Waals surface area contributed by atoms with E-state index in [0.717, 1.165) is 11.1 Å². The number of carboxylic acid groups (broad SMARTS) is 1. The van der Waals surface area contributed by atoms with E-state index in [0.29, 0.717) is 19.4 Å². The van der Waals surface area contributed by atoms with Gasteiger partial charge in [0.25, 0.3) is 0 Å². The zero-order chi connectivity index (χ0) is 25.3. The molecule has 0 unspecified atom stereocenters. The number of carbonyl (C=O) groups excluding carboxylic acids is 2. The SMILES string of the molecule is CC(C)(CCNC(=O)COCCNC(=O)OCC1c2ccccc2-c2ccccc21)CCC(=O)O. The Kier molecular flexibility index (Phi) is 9.25. The molecule has 0 spiro atoms. The lowest BCUT2D eigenvalue weighted by Gasteiger charge is -2.23. The molecule has 0 aliphatic heterocycles. The van der Waals surface area contributed by atoms with Crippen LogP contribution in [0.2, 0.25) is 0 Å². The van der Waals surface area contributed by atoms with E-state index in [2.05, 4.69) is 34.9 Å². The summed E-state index contributed by atoms with van der Waals surface area (Å²) in [5.41, 5.74) is 4.49. The highest BCUT2D eigenvalue weighted by Crippen LogP contribution is 2.44. The number of fused-ring (bicyclic) bond motifs is 3. The quantitative estimate of drug-likeness (QED) is 0.373. The molecule has 0 saturated heterocycles. The van der Waals surface area contributed by atoms with Crippen LogP contribution in [0, 0.1) is 5.41 Å². The monoisotopic (exact) mass is 482 g/mol. The molecule has 0 aromatic heterocycles. The number of amides is 2. The van der Waals surface area contributed by atoms with Gasteiger partial charge >= 0.3 is 12.1 Å². The molecule has 8 nitrogen and oxygen atoms in total. The summed E-state index contributed by atoms with van der Waals surface area (Å²) in [5, 5.41) is 14.2. The van der Waals surface area contributed by atoms with E-state index >= 15 is 0 Å². The lowest BCUT2D eigenvalue weighted by molar-refractivity contribution is -0.137. The van der Waals surface area contributed by atoms with E-state index < -0.39 is 12.1 Å². The molecule has 2 aromatic rings. The second-order valence-electron chi connectivity index (χ2n) is 9.46. The number of rotatable bonds is 13. The third-order valence-electron chi connectivity index (χ3n) is 6.23. The summed E-state index contributed by atoms with van der Waals surface area (Å²) in [7, 11) is 0. The van der Waals surface area contributed by atoms with Gasteiger partial charge in [-0.3, -0.25) is 9.59 Å². The summed E-state index contributed by atoms with van der Waals surface area (Å²) in [6, 6.07) is 16.3. The predicted octanol–water partition coefficient (Wildman–Crippen LogP) is 3.94. The topological polar surface area (TPSA) is 114 Å². The van der Waals surface area contributed by atoms with Crippen LogP contribution in [0.3, 0.4) is 0 Å². The first-order valence-corrected chi connectivity index (χ1v) is 11.9. The Hall–Kier alpha value is -3.39. The summed E-state index contributed by atoms with van der Waals surface area (Å²) in [4.78, 5) is 34.8. The number of hydrogen-bond donors (Lipinski definition) is 3. The van der Waals surface area contributed by atoms with Crippen molar-refractivity contribution >= 4 is 18.0 Å². The fourth-order valence-corrected chi connectivity index (χ4v) is 4.20. The number of aliphatic carboxylic acids is 1. The van der Waals surface area contributed by atoms with Gasteiger partial charge in [0.1, 0.15) is 13.2 Å². The lowest BCUT2D eigenvalue weighted by atomic mass is 9.84. The van der Waals surface area contributed by atoms with Gasteiger partial charge < -0.3 is 25.2 Å². The lowest BCUT2D eigenvalue weighted by Crippen LogP contribution is -2.33. The molecule has 0 radical (unpaired) electrons. The second kappa shape index (κ2) is 12.4. The number of ether oxygens (including phenoxy) is 2. The summed E-state index contributed by atoms with van der Waals surface area (Å²) in [6.45, 7) is 4.95. The van der Waals surface area contributed by atoms with Gasteiger partial charge in [-0.05, 0) is 40.5 Å². The third kappa shape index (κ3) is 7.82. The second-order valence-corrected chi connectivity index (χ2v) is 9.46. The van der Waals surface area contributed by atoms with Crippen LogP contribution in [0.15, 0.2) is 48.5 Å². The van der Waals surface area contributed by atoms with Gasteiger partial charge in [0, 0.05) is 25.4 Å². The molecule has 8 heteroatoms. The van der Waals surface area contributed by atoms with Crippen molar-refractivity contribution in [3.05, 3.63) is 59.7 Å². The molecule has 2 amide bonds. The van der Waals surface area contributed by atoms with Gasteiger partial charge in [-0.15, -0.1) is 0 Å². The van der Waals surface area contributed by atoms with E-state index in [1.165, 1.54) is 11.1 Å². The van der Waals surface area contributed by atoms with Crippen LogP contribution in [0.4, 0.5) is 4.79 Å². The minimum atomic E-state index is -0.817. The van der Waals surface area contributed by atoms with Crippen LogP contribution < -0.4 is 10.6 Å². The average molecular weight is 483 g/mol. The van der Waals surface area contributed by atoms with E-state index in [-0.39, 0.29) is 50.0 Å². The van der Waals surface area contributed by atoms with Crippen molar-refractivity contribution in [2.45, 2.75) is 39.0 Å². The Morgan fingerprint density at radius 2 is 1.54 bits per heavy atom. The fraction of sp³-hybridized carbons (Fsp3) is 0.444. The molecule has 1 aliphatic rings. The largest absolute Gasteiger partial charge is 0.481 e. The zero-order valence-corrected chi connectivity index (χ0v) is 20.3. The standard InChI is InChI=1S/C27H34N2O6/c1-27(2,12-11-25(31)32)13-14-28-24(30)18-34-16-15-29-26(33)35-17-23-21-9-5-3-7-19(21)20-8-4-6-10-22(20)23/h3-10,23H,11-18H2,1-2H3,(H,28,30)(H,29,33)(H,31,32). The molecule has 0 bridgehead atoms. The molecule has 0 heterocycles. The first kappa shape index (κ1) is 26.2. The number of carboxylic acids is 1. The number of hydrogen-bond acceptors (Lipinski definition) is 5. The van der Waals surface area contributed by atoms with Crippen molar-refractivity contribution in [2.24, 2.45) is 5.41 Å². The van der Waals surface area contributed by atoms with Gasteiger partial charge in [-0.2, -0.15) is 0 Å². The van der Waals surface area contributed by atoms with Crippen LogP contribution in [0.1, 0.15) is 50.2 Å². The first-order chi connectivity index (χ1) is 16.8. The van der Waals surface area contributed by atoms with Crippen LogP contribution >= 0.6 is 0 Å². The number of nitrogens with one attached hydrogen (secondary N) is 2. The van der Waals surface area contributed by atoms with Gasteiger partial charge in [0.2, 0.25) is 5.91 Å². The summed E-state index contributed by atoms with van der Waals surface area (Å²) in [6.07, 6.45) is 0.815. The van der Waals surface area contributed by atoms with Crippen LogP contribution in [0.5, 0.6) is 0 Å². The Bertz CT molecular complexity index is 990. The Morgan fingerprint density at radius 3 is 2.17 bits per heavy atom. The maximum Gasteiger partial charge on any atom is 0.407 e. The summed E-state index contributed by atoms with van der Waals surface area (Å²) >= 11 is 0. The smallest absolute Gasteiger partial charge is 0.407 e. The minimum Gasteiger partial charge on any atom is -0.481 e. The minimum absolute atomic E-state index is 0.00204. The molecule has 1 aliphatic carbocycles. The highest BCUT2D eigenvalue weighted by atomic mass is 16.5. The molecule has 0 saturated carbocycles. The number of carbonyl (C=O) groups is 3. The van der Waals surface area contributed by atoms with Crippen LogP contribution in [-0.4, -0.2) is 56.0 Å².